The Morgan fingerprint density at radius 2 is 1.28 bits per heavy atom. The van der Waals surface area contributed by atoms with Crippen LogP contribution >= 0.6 is 11.6 Å². The Labute approximate surface area is 191 Å². The third-order valence-electron chi connectivity index (χ3n) is 5.30. The Morgan fingerprint density at radius 3 is 2.03 bits per heavy atom. The van der Waals surface area contributed by atoms with Gasteiger partial charge in [-0.3, -0.25) is 4.79 Å². The largest absolute Gasteiger partial charge is 0.337 e. The van der Waals surface area contributed by atoms with Crippen molar-refractivity contribution in [1.82, 2.24) is 9.97 Å². The van der Waals surface area contributed by atoms with Crippen molar-refractivity contribution in [2.45, 2.75) is 0 Å². The smallest absolute Gasteiger partial charge is 0.193 e. The minimum Gasteiger partial charge on any atom is -0.337 e. The summed E-state index contributed by atoms with van der Waals surface area (Å²) in [6.45, 7) is 0. The fourth-order valence-electron chi connectivity index (χ4n) is 3.73. The number of carbonyl (C=O) groups excluding carboxylic acids is 1. The maximum atomic E-state index is 13.0. The minimum absolute atomic E-state index is 0.0145. The summed E-state index contributed by atoms with van der Waals surface area (Å²) in [5, 5.41) is 0.650. The molecule has 0 aliphatic rings. The molecule has 5 rings (SSSR count). The van der Waals surface area contributed by atoms with E-state index in [1.807, 2.05) is 109 Å². The molecule has 0 radical (unpaired) electrons. The zero-order valence-electron chi connectivity index (χ0n) is 17.1. The Hall–Kier alpha value is -3.95. The van der Waals surface area contributed by atoms with Crippen molar-refractivity contribution in [2.75, 3.05) is 0 Å². The van der Waals surface area contributed by atoms with Crippen molar-refractivity contribution < 1.29 is 4.79 Å². The van der Waals surface area contributed by atoms with Crippen LogP contribution in [0.1, 0.15) is 15.9 Å². The van der Waals surface area contributed by atoms with Gasteiger partial charge in [0.25, 0.3) is 0 Å². The fourth-order valence-corrected chi connectivity index (χ4v) is 3.92. The number of rotatable bonds is 5. The van der Waals surface area contributed by atoms with E-state index < -0.39 is 0 Å². The first-order valence-corrected chi connectivity index (χ1v) is 10.7. The molecule has 0 amide bonds. The predicted molar refractivity (Wildman–Crippen MR) is 130 cm³/mol. The predicted octanol–water partition coefficient (Wildman–Crippen LogP) is 7.30. The maximum absolute atomic E-state index is 13.0. The second-order valence-corrected chi connectivity index (χ2v) is 7.90. The molecule has 154 valence electrons. The summed E-state index contributed by atoms with van der Waals surface area (Å²) in [5.74, 6) is 0.709. The zero-order valence-corrected chi connectivity index (χ0v) is 17.9. The number of aromatic amines is 1. The van der Waals surface area contributed by atoms with E-state index in [-0.39, 0.29) is 5.78 Å². The Morgan fingerprint density at radius 1 is 0.656 bits per heavy atom. The summed E-state index contributed by atoms with van der Waals surface area (Å²) in [7, 11) is 0. The number of carbonyl (C=O) groups is 1. The van der Waals surface area contributed by atoms with E-state index in [9.17, 15) is 4.79 Å². The first kappa shape index (κ1) is 20.0. The van der Waals surface area contributed by atoms with Crippen molar-refractivity contribution in [3.63, 3.8) is 0 Å². The van der Waals surface area contributed by atoms with Gasteiger partial charge < -0.3 is 4.98 Å². The molecule has 4 heteroatoms. The lowest BCUT2D eigenvalue weighted by molar-refractivity contribution is 0.103. The number of halogens is 1. The standard InChI is InChI=1S/C28H19ClN2O/c29-24-16-8-15-23(18-24)28-30-25(19-9-3-1-4-10-19)26(31-28)21-13-7-14-22(17-21)27(32)20-11-5-2-6-12-20/h1-18H,(H,30,31). The number of benzene rings is 4. The van der Waals surface area contributed by atoms with Gasteiger partial charge >= 0.3 is 0 Å². The van der Waals surface area contributed by atoms with Crippen LogP contribution in [0.2, 0.25) is 5.02 Å². The maximum Gasteiger partial charge on any atom is 0.193 e. The highest BCUT2D eigenvalue weighted by Crippen LogP contribution is 2.34. The van der Waals surface area contributed by atoms with Crippen LogP contribution in [0.15, 0.2) is 109 Å². The highest BCUT2D eigenvalue weighted by atomic mass is 35.5. The van der Waals surface area contributed by atoms with Gasteiger partial charge in [0.2, 0.25) is 0 Å². The summed E-state index contributed by atoms with van der Waals surface area (Å²) in [4.78, 5) is 21.4. The Kier molecular flexibility index (Phi) is 5.40. The molecule has 1 N–H and O–H groups in total. The molecule has 0 aliphatic heterocycles. The summed E-state index contributed by atoms with van der Waals surface area (Å²) in [6.07, 6.45) is 0. The lowest BCUT2D eigenvalue weighted by Crippen LogP contribution is -2.01. The second-order valence-electron chi connectivity index (χ2n) is 7.46. The third kappa shape index (κ3) is 3.98. The molecule has 0 saturated carbocycles. The third-order valence-corrected chi connectivity index (χ3v) is 5.53. The number of ketones is 1. The van der Waals surface area contributed by atoms with Crippen LogP contribution in [-0.4, -0.2) is 15.8 Å². The lowest BCUT2D eigenvalue weighted by Gasteiger charge is -2.06. The van der Waals surface area contributed by atoms with Gasteiger partial charge in [-0.1, -0.05) is 103 Å². The van der Waals surface area contributed by atoms with Crippen molar-refractivity contribution in [3.8, 4) is 33.9 Å². The van der Waals surface area contributed by atoms with Crippen molar-refractivity contribution >= 4 is 17.4 Å². The van der Waals surface area contributed by atoms with E-state index in [2.05, 4.69) is 4.98 Å². The number of aromatic nitrogens is 2. The van der Waals surface area contributed by atoms with Crippen molar-refractivity contribution in [1.29, 1.82) is 0 Å². The number of hydrogen-bond donors (Lipinski definition) is 1. The van der Waals surface area contributed by atoms with Crippen molar-refractivity contribution in [3.05, 3.63) is 125 Å². The van der Waals surface area contributed by atoms with Gasteiger partial charge in [0, 0.05) is 32.8 Å². The highest BCUT2D eigenvalue weighted by Gasteiger charge is 2.17. The van der Waals surface area contributed by atoms with E-state index in [0.717, 1.165) is 33.9 Å². The van der Waals surface area contributed by atoms with Crippen molar-refractivity contribution in [2.24, 2.45) is 0 Å². The molecule has 0 unspecified atom stereocenters. The van der Waals surface area contributed by atoms with Gasteiger partial charge in [-0.15, -0.1) is 0 Å². The molecule has 3 nitrogen and oxygen atoms in total. The summed E-state index contributed by atoms with van der Waals surface area (Å²) >= 11 is 6.21. The van der Waals surface area contributed by atoms with Gasteiger partial charge in [0.15, 0.2) is 5.78 Å². The van der Waals surface area contributed by atoms with E-state index in [1.165, 1.54) is 0 Å². The fraction of sp³-hybridized carbons (Fsp3) is 0. The molecule has 0 bridgehead atoms. The van der Waals surface area contributed by atoms with Crippen LogP contribution in [0.5, 0.6) is 0 Å². The van der Waals surface area contributed by atoms with Gasteiger partial charge in [-0.25, -0.2) is 4.98 Å². The van der Waals surface area contributed by atoms with E-state index in [0.29, 0.717) is 16.1 Å². The number of imidazole rings is 1. The highest BCUT2D eigenvalue weighted by molar-refractivity contribution is 6.30. The first-order chi connectivity index (χ1) is 15.7. The SMILES string of the molecule is O=C(c1ccccc1)c1cccc(-c2nc(-c3cccc(Cl)c3)[nH]c2-c2ccccc2)c1. The average molecular weight is 435 g/mol. The van der Waals surface area contributed by atoms with Crippen LogP contribution in [0.4, 0.5) is 0 Å². The van der Waals surface area contributed by atoms with Gasteiger partial charge in [0.1, 0.15) is 5.82 Å². The molecule has 1 aromatic heterocycles. The normalized spacial score (nSPS) is 10.8. The molecule has 5 aromatic rings. The molecule has 0 atom stereocenters. The summed E-state index contributed by atoms with van der Waals surface area (Å²) < 4.78 is 0. The first-order valence-electron chi connectivity index (χ1n) is 10.3. The molecule has 0 spiro atoms. The summed E-state index contributed by atoms with van der Waals surface area (Å²) in [5.41, 5.74) is 5.75. The number of H-pyrrole nitrogens is 1. The molecule has 32 heavy (non-hydrogen) atoms. The molecule has 4 aromatic carbocycles. The number of hydrogen-bond acceptors (Lipinski definition) is 2. The van der Waals surface area contributed by atoms with E-state index >= 15 is 0 Å². The molecule has 0 saturated heterocycles. The Balaban J connectivity index is 1.64. The number of nitrogens with zero attached hydrogens (tertiary/aromatic N) is 1. The van der Waals surface area contributed by atoms with Gasteiger partial charge in [-0.05, 0) is 18.2 Å². The van der Waals surface area contributed by atoms with E-state index in [1.54, 1.807) is 0 Å². The zero-order chi connectivity index (χ0) is 21.9. The van der Waals surface area contributed by atoms with Crippen LogP contribution in [0.25, 0.3) is 33.9 Å². The van der Waals surface area contributed by atoms with Crippen LogP contribution < -0.4 is 0 Å². The molecular formula is C28H19ClN2O. The van der Waals surface area contributed by atoms with Crippen LogP contribution in [0.3, 0.4) is 0 Å². The van der Waals surface area contributed by atoms with Crippen LogP contribution in [-0.2, 0) is 0 Å². The molecule has 0 aliphatic carbocycles. The van der Waals surface area contributed by atoms with E-state index in [4.69, 9.17) is 16.6 Å². The topological polar surface area (TPSA) is 45.8 Å². The van der Waals surface area contributed by atoms with Gasteiger partial charge in [0.05, 0.1) is 11.4 Å². The molecular weight excluding hydrogens is 416 g/mol. The van der Waals surface area contributed by atoms with Crippen LogP contribution in [0, 0.1) is 0 Å². The lowest BCUT2D eigenvalue weighted by atomic mass is 9.99. The minimum atomic E-state index is -0.0145. The quantitative estimate of drug-likeness (QED) is 0.295. The second kappa shape index (κ2) is 8.66. The summed E-state index contributed by atoms with van der Waals surface area (Å²) in [6, 6.07) is 34.6. The Bertz CT molecular complexity index is 1390. The van der Waals surface area contributed by atoms with Gasteiger partial charge in [-0.2, -0.15) is 0 Å². The molecule has 1 heterocycles. The number of nitrogens with one attached hydrogen (secondary N) is 1. The monoisotopic (exact) mass is 434 g/mol. The molecule has 0 fully saturated rings. The average Bonchev–Trinajstić information content (AvgIpc) is 3.30.